The minimum Gasteiger partial charge on any atom is -0.493 e. The number of aliphatic carboxylic acids is 1. The molecule has 0 spiro atoms. The Morgan fingerprint density at radius 3 is 2.22 bits per heavy atom. The number of ether oxygens (including phenoxy) is 2. The molecule has 1 unspecified atom stereocenters. The normalized spacial score (nSPS) is 12.9. The number of para-hydroxylation sites is 1. The zero-order chi connectivity index (χ0) is 13.9. The monoisotopic (exact) mass is 268 g/mol. The van der Waals surface area contributed by atoms with Crippen molar-refractivity contribution in [2.75, 3.05) is 14.2 Å². The summed E-state index contributed by atoms with van der Waals surface area (Å²) in [5.41, 5.74) is 0.186. The van der Waals surface area contributed by atoms with Gasteiger partial charge in [-0.2, -0.15) is 0 Å². The molecule has 0 amide bonds. The topological polar surface area (TPSA) is 55.8 Å². The fourth-order valence-electron chi connectivity index (χ4n) is 2.11. The molecule has 18 heavy (non-hydrogen) atoms. The van der Waals surface area contributed by atoms with Crippen LogP contribution in [0.5, 0.6) is 11.5 Å². The Kier molecular flexibility index (Phi) is 4.40. The number of benzene rings is 1. The molecule has 1 atom stereocenters. The molecule has 1 aromatic carbocycles. The molecular weight excluding hydrogens is 248 g/mol. The minimum atomic E-state index is -1.91. The van der Waals surface area contributed by atoms with Crippen molar-refractivity contribution in [3.05, 3.63) is 23.8 Å². The third-order valence-corrected chi connectivity index (χ3v) is 5.15. The van der Waals surface area contributed by atoms with Crippen molar-refractivity contribution in [2.24, 2.45) is 0 Å². The molecule has 0 aromatic heterocycles. The van der Waals surface area contributed by atoms with Crippen LogP contribution in [0.2, 0.25) is 19.6 Å². The van der Waals surface area contributed by atoms with E-state index in [9.17, 15) is 9.90 Å². The third kappa shape index (κ3) is 2.84. The minimum absolute atomic E-state index is 0.512. The summed E-state index contributed by atoms with van der Waals surface area (Å²) in [7, 11) is 1.17. The maximum absolute atomic E-state index is 11.6. The van der Waals surface area contributed by atoms with Crippen LogP contribution in [-0.2, 0) is 4.79 Å². The lowest BCUT2D eigenvalue weighted by molar-refractivity contribution is -0.137. The number of hydrogen-bond donors (Lipinski definition) is 1. The van der Waals surface area contributed by atoms with Gasteiger partial charge in [0, 0.05) is 5.56 Å². The highest BCUT2D eigenvalue weighted by Gasteiger charge is 2.37. The first-order valence-electron chi connectivity index (χ1n) is 5.76. The molecule has 100 valence electrons. The highest BCUT2D eigenvalue weighted by atomic mass is 28.3. The summed E-state index contributed by atoms with van der Waals surface area (Å²) >= 11 is 0. The molecule has 1 rings (SSSR count). The van der Waals surface area contributed by atoms with E-state index in [0.717, 1.165) is 0 Å². The van der Waals surface area contributed by atoms with E-state index in [1.165, 1.54) is 7.11 Å². The van der Waals surface area contributed by atoms with Gasteiger partial charge in [0.25, 0.3) is 0 Å². The first-order valence-corrected chi connectivity index (χ1v) is 9.34. The van der Waals surface area contributed by atoms with Crippen molar-refractivity contribution in [1.82, 2.24) is 0 Å². The molecule has 0 fully saturated rings. The van der Waals surface area contributed by atoms with Gasteiger partial charge in [-0.15, -0.1) is 0 Å². The quantitative estimate of drug-likeness (QED) is 0.834. The number of carboxylic acids is 1. The first kappa shape index (κ1) is 14.6. The Bertz CT molecular complexity index is 437. The van der Waals surface area contributed by atoms with Gasteiger partial charge in [-0.05, 0) is 6.07 Å². The maximum Gasteiger partial charge on any atom is 0.308 e. The molecule has 4 nitrogen and oxygen atoms in total. The van der Waals surface area contributed by atoms with Gasteiger partial charge in [0.15, 0.2) is 11.5 Å². The zero-order valence-electron chi connectivity index (χ0n) is 11.5. The summed E-state index contributed by atoms with van der Waals surface area (Å²) < 4.78 is 10.5. The van der Waals surface area contributed by atoms with Crippen LogP contribution in [0.15, 0.2) is 18.2 Å². The third-order valence-electron chi connectivity index (χ3n) is 2.86. The van der Waals surface area contributed by atoms with Gasteiger partial charge in [-0.25, -0.2) is 0 Å². The summed E-state index contributed by atoms with van der Waals surface area (Å²) in [4.78, 5) is 11.6. The molecule has 0 aliphatic heterocycles. The number of carboxylic acid groups (broad SMARTS) is 1. The smallest absolute Gasteiger partial charge is 0.308 e. The SMILES string of the molecule is COc1cccc(C(C(=O)O)[Si](C)(C)C)c1OC. The lowest BCUT2D eigenvalue weighted by Crippen LogP contribution is -2.36. The first-order chi connectivity index (χ1) is 8.32. The molecule has 0 bridgehead atoms. The van der Waals surface area contributed by atoms with Crippen LogP contribution in [-0.4, -0.2) is 33.4 Å². The van der Waals surface area contributed by atoms with Crippen LogP contribution >= 0.6 is 0 Å². The Balaban J connectivity index is 3.42. The fourth-order valence-corrected chi connectivity index (χ4v) is 4.01. The van der Waals surface area contributed by atoms with Gasteiger partial charge in [0.05, 0.1) is 27.8 Å². The van der Waals surface area contributed by atoms with Crippen molar-refractivity contribution in [1.29, 1.82) is 0 Å². The maximum atomic E-state index is 11.6. The number of methoxy groups -OCH3 is 2. The molecule has 0 saturated heterocycles. The largest absolute Gasteiger partial charge is 0.493 e. The van der Waals surface area contributed by atoms with Gasteiger partial charge in [-0.1, -0.05) is 31.8 Å². The second-order valence-electron chi connectivity index (χ2n) is 5.22. The van der Waals surface area contributed by atoms with Crippen LogP contribution in [0.25, 0.3) is 0 Å². The Morgan fingerprint density at radius 1 is 1.22 bits per heavy atom. The summed E-state index contributed by atoms with van der Waals surface area (Å²) in [6.45, 7) is 6.10. The molecule has 0 saturated carbocycles. The van der Waals surface area contributed by atoms with E-state index in [0.29, 0.717) is 17.1 Å². The lowest BCUT2D eigenvalue weighted by Gasteiger charge is -2.27. The molecule has 1 aromatic rings. The van der Waals surface area contributed by atoms with Gasteiger partial charge in [-0.3, -0.25) is 4.79 Å². The Morgan fingerprint density at radius 2 is 1.83 bits per heavy atom. The van der Waals surface area contributed by atoms with Gasteiger partial charge >= 0.3 is 5.97 Å². The standard InChI is InChI=1S/C13H20O4Si/c1-16-10-8-6-7-9(11(10)17-2)12(13(14)15)18(3,4)5/h6-8,12H,1-5H3,(H,14,15). The highest BCUT2D eigenvalue weighted by Crippen LogP contribution is 2.39. The van der Waals surface area contributed by atoms with E-state index in [-0.39, 0.29) is 0 Å². The van der Waals surface area contributed by atoms with Crippen LogP contribution in [0.4, 0.5) is 0 Å². The van der Waals surface area contributed by atoms with Crippen LogP contribution < -0.4 is 9.47 Å². The van der Waals surface area contributed by atoms with Crippen molar-refractivity contribution in [3.63, 3.8) is 0 Å². The van der Waals surface area contributed by atoms with Crippen LogP contribution in [0, 0.1) is 0 Å². The summed E-state index contributed by atoms with van der Waals surface area (Å²) in [6, 6.07) is 5.37. The van der Waals surface area contributed by atoms with Crippen molar-refractivity contribution < 1.29 is 19.4 Å². The van der Waals surface area contributed by atoms with Gasteiger partial charge < -0.3 is 14.6 Å². The lowest BCUT2D eigenvalue weighted by atomic mass is 10.1. The summed E-state index contributed by atoms with van der Waals surface area (Å²) in [6.07, 6.45) is 0. The summed E-state index contributed by atoms with van der Waals surface area (Å²) in [5, 5.41) is 9.48. The summed E-state index contributed by atoms with van der Waals surface area (Å²) in [5.74, 6) is 0.287. The number of rotatable bonds is 5. The molecule has 0 aliphatic rings. The predicted molar refractivity (Wildman–Crippen MR) is 73.3 cm³/mol. The van der Waals surface area contributed by atoms with E-state index >= 15 is 0 Å². The molecular formula is C13H20O4Si. The highest BCUT2D eigenvalue weighted by molar-refractivity contribution is 6.80. The second kappa shape index (κ2) is 5.43. The van der Waals surface area contributed by atoms with Crippen LogP contribution in [0.3, 0.4) is 0 Å². The van der Waals surface area contributed by atoms with Crippen molar-refractivity contribution in [3.8, 4) is 11.5 Å². The fraction of sp³-hybridized carbons (Fsp3) is 0.462. The van der Waals surface area contributed by atoms with Crippen LogP contribution in [0.1, 0.15) is 11.1 Å². The molecule has 5 heteroatoms. The molecule has 1 N–H and O–H groups in total. The van der Waals surface area contributed by atoms with Crippen molar-refractivity contribution >= 4 is 14.0 Å². The Hall–Kier alpha value is -1.49. The van der Waals surface area contributed by atoms with E-state index in [2.05, 4.69) is 0 Å². The molecule has 0 aliphatic carbocycles. The molecule has 0 heterocycles. The molecule has 0 radical (unpaired) electrons. The predicted octanol–water partition coefficient (Wildman–Crippen LogP) is 2.75. The Labute approximate surface area is 109 Å². The van der Waals surface area contributed by atoms with E-state index in [1.807, 2.05) is 19.6 Å². The zero-order valence-corrected chi connectivity index (χ0v) is 12.5. The van der Waals surface area contributed by atoms with E-state index in [1.54, 1.807) is 25.3 Å². The van der Waals surface area contributed by atoms with Crippen molar-refractivity contribution in [2.45, 2.75) is 25.2 Å². The number of hydrogen-bond acceptors (Lipinski definition) is 3. The average molecular weight is 268 g/mol. The van der Waals surface area contributed by atoms with E-state index in [4.69, 9.17) is 9.47 Å². The van der Waals surface area contributed by atoms with Gasteiger partial charge in [0.1, 0.15) is 0 Å². The number of carbonyl (C=O) groups is 1. The van der Waals surface area contributed by atoms with E-state index < -0.39 is 19.6 Å². The second-order valence-corrected chi connectivity index (χ2v) is 10.5. The average Bonchev–Trinajstić information content (AvgIpc) is 2.26. The van der Waals surface area contributed by atoms with Gasteiger partial charge in [0.2, 0.25) is 0 Å².